The van der Waals surface area contributed by atoms with Crippen molar-refractivity contribution in [3.8, 4) is 0 Å². The molecule has 0 radical (unpaired) electrons. The van der Waals surface area contributed by atoms with Crippen LogP contribution in [0, 0.1) is 0 Å². The van der Waals surface area contributed by atoms with Gasteiger partial charge in [0.15, 0.2) is 0 Å². The number of rotatable bonds is 2. The molecule has 78 valence electrons. The van der Waals surface area contributed by atoms with Crippen molar-refractivity contribution in [3.05, 3.63) is 22.4 Å². The van der Waals surface area contributed by atoms with Crippen LogP contribution in [0.25, 0.3) is 0 Å². The Balaban J connectivity index is 3.06. The summed E-state index contributed by atoms with van der Waals surface area (Å²) in [5.74, 6) is 0.710. The summed E-state index contributed by atoms with van der Waals surface area (Å²) < 4.78 is 37.3. The average molecular weight is 286 g/mol. The maximum absolute atomic E-state index is 12.3. The van der Waals surface area contributed by atoms with E-state index in [0.717, 1.165) is 12.3 Å². The van der Waals surface area contributed by atoms with E-state index in [1.165, 1.54) is 11.8 Å². The summed E-state index contributed by atoms with van der Waals surface area (Å²) >= 11 is 4.42. The first kappa shape index (κ1) is 11.8. The lowest BCUT2D eigenvalue weighted by molar-refractivity contribution is -0.138. The third-order valence-electron chi connectivity index (χ3n) is 1.43. The highest BCUT2D eigenvalue weighted by Gasteiger charge is 2.31. The Morgan fingerprint density at radius 1 is 1.50 bits per heavy atom. The minimum absolute atomic E-state index is 0.456. The molecule has 0 fully saturated rings. The van der Waals surface area contributed by atoms with E-state index in [1.54, 1.807) is 0 Å². The zero-order valence-electron chi connectivity index (χ0n) is 7.23. The van der Waals surface area contributed by atoms with Crippen LogP contribution in [0.15, 0.2) is 21.8 Å². The average Bonchev–Trinajstić information content (AvgIpc) is 2.07. The van der Waals surface area contributed by atoms with Gasteiger partial charge in [-0.15, -0.1) is 11.8 Å². The number of alkyl halides is 3. The number of hydrogen-bond donors (Lipinski definition) is 0. The minimum Gasteiger partial charge on any atom is -0.248 e. The fourth-order valence-electron chi connectivity index (χ4n) is 0.840. The summed E-state index contributed by atoms with van der Waals surface area (Å²) in [5.41, 5.74) is -0.711. The molecule has 0 saturated carbocycles. The van der Waals surface area contributed by atoms with Crippen molar-refractivity contribution < 1.29 is 13.2 Å². The summed E-state index contributed by atoms with van der Waals surface area (Å²) in [5, 5.41) is 0. The molecule has 14 heavy (non-hydrogen) atoms. The molecule has 0 aliphatic heterocycles. The van der Waals surface area contributed by atoms with Gasteiger partial charge in [-0.2, -0.15) is 13.2 Å². The second-order valence-electron chi connectivity index (χ2n) is 2.44. The van der Waals surface area contributed by atoms with E-state index in [4.69, 9.17) is 0 Å². The van der Waals surface area contributed by atoms with E-state index in [9.17, 15) is 13.2 Å². The number of halogens is 4. The smallest absolute Gasteiger partial charge is 0.248 e. The summed E-state index contributed by atoms with van der Waals surface area (Å²) in [4.78, 5) is 4.16. The van der Waals surface area contributed by atoms with Gasteiger partial charge in [0.05, 0.1) is 5.56 Å². The highest BCUT2D eigenvalue weighted by atomic mass is 79.9. The number of nitrogens with zero attached hydrogens (tertiary/aromatic N) is 1. The van der Waals surface area contributed by atoms with Gasteiger partial charge in [0.1, 0.15) is 4.60 Å². The van der Waals surface area contributed by atoms with Crippen LogP contribution >= 0.6 is 27.7 Å². The molecule has 0 saturated heterocycles. The number of aromatic nitrogens is 1. The van der Waals surface area contributed by atoms with Crippen molar-refractivity contribution >= 4 is 27.7 Å². The molecule has 0 spiro atoms. The molecule has 1 heterocycles. The molecule has 0 amide bonds. The predicted octanol–water partition coefficient (Wildman–Crippen LogP) is 3.97. The van der Waals surface area contributed by atoms with Crippen LogP contribution in [0.5, 0.6) is 0 Å². The third kappa shape index (κ3) is 2.88. The van der Waals surface area contributed by atoms with Crippen LogP contribution in [0.1, 0.15) is 12.5 Å². The van der Waals surface area contributed by atoms with Crippen molar-refractivity contribution in [3.63, 3.8) is 0 Å². The van der Waals surface area contributed by atoms with Gasteiger partial charge in [-0.3, -0.25) is 0 Å². The Hall–Kier alpha value is -0.230. The maximum atomic E-state index is 12.3. The first-order valence-corrected chi connectivity index (χ1v) is 5.58. The molecular formula is C8H7BrF3NS. The number of hydrogen-bond acceptors (Lipinski definition) is 2. The van der Waals surface area contributed by atoms with Crippen molar-refractivity contribution in [1.82, 2.24) is 4.98 Å². The molecule has 1 aromatic heterocycles. The molecule has 6 heteroatoms. The van der Waals surface area contributed by atoms with Gasteiger partial charge in [-0.05, 0) is 27.7 Å². The molecule has 0 aliphatic carbocycles. The Morgan fingerprint density at radius 3 is 2.64 bits per heavy atom. The quantitative estimate of drug-likeness (QED) is 0.602. The van der Waals surface area contributed by atoms with Crippen LogP contribution in [-0.4, -0.2) is 10.7 Å². The van der Waals surface area contributed by atoms with E-state index in [2.05, 4.69) is 20.9 Å². The lowest BCUT2D eigenvalue weighted by Crippen LogP contribution is -2.05. The largest absolute Gasteiger partial charge is 0.417 e. The summed E-state index contributed by atoms with van der Waals surface area (Å²) in [7, 11) is 0. The van der Waals surface area contributed by atoms with Crippen LogP contribution in [-0.2, 0) is 6.18 Å². The van der Waals surface area contributed by atoms with E-state index in [-0.39, 0.29) is 0 Å². The van der Waals surface area contributed by atoms with Gasteiger partial charge in [0.2, 0.25) is 0 Å². The van der Waals surface area contributed by atoms with Crippen molar-refractivity contribution in [2.24, 2.45) is 0 Å². The van der Waals surface area contributed by atoms with Gasteiger partial charge in [0, 0.05) is 11.1 Å². The zero-order chi connectivity index (χ0) is 10.8. The highest BCUT2D eigenvalue weighted by Crippen LogP contribution is 2.33. The molecule has 0 atom stereocenters. The molecule has 0 N–H and O–H groups in total. The lowest BCUT2D eigenvalue weighted by Gasteiger charge is -2.08. The summed E-state index contributed by atoms with van der Waals surface area (Å²) in [6, 6.07) is 1.10. The lowest BCUT2D eigenvalue weighted by atomic mass is 10.3. The van der Waals surface area contributed by atoms with E-state index < -0.39 is 11.7 Å². The summed E-state index contributed by atoms with van der Waals surface area (Å²) in [6.07, 6.45) is -3.50. The topological polar surface area (TPSA) is 12.9 Å². The Labute approximate surface area is 92.2 Å². The second kappa shape index (κ2) is 4.53. The van der Waals surface area contributed by atoms with Crippen LogP contribution in [0.3, 0.4) is 0 Å². The SMILES string of the molecule is CCSc1cc(C(F)(F)F)cnc1Br. The van der Waals surface area contributed by atoms with E-state index >= 15 is 0 Å². The Morgan fingerprint density at radius 2 is 2.14 bits per heavy atom. The molecule has 1 aromatic rings. The standard InChI is InChI=1S/C8H7BrF3NS/c1-2-14-6-3-5(8(10,11)12)4-13-7(6)9/h3-4H,2H2,1H3. The molecule has 1 nitrogen and oxygen atoms in total. The molecular weight excluding hydrogens is 279 g/mol. The molecule has 1 rings (SSSR count). The van der Waals surface area contributed by atoms with Gasteiger partial charge in [-0.1, -0.05) is 6.92 Å². The molecule has 0 aromatic carbocycles. The maximum Gasteiger partial charge on any atom is 0.417 e. The highest BCUT2D eigenvalue weighted by molar-refractivity contribution is 9.10. The first-order chi connectivity index (χ1) is 6.45. The zero-order valence-corrected chi connectivity index (χ0v) is 9.63. The van der Waals surface area contributed by atoms with Crippen LogP contribution in [0.4, 0.5) is 13.2 Å². The number of pyridine rings is 1. The van der Waals surface area contributed by atoms with Crippen molar-refractivity contribution in [2.75, 3.05) is 5.75 Å². The van der Waals surface area contributed by atoms with Crippen molar-refractivity contribution in [1.29, 1.82) is 0 Å². The van der Waals surface area contributed by atoms with Crippen LogP contribution in [0.2, 0.25) is 0 Å². The van der Waals surface area contributed by atoms with E-state index in [0.29, 0.717) is 15.3 Å². The van der Waals surface area contributed by atoms with Gasteiger partial charge in [0.25, 0.3) is 0 Å². The monoisotopic (exact) mass is 285 g/mol. The molecule has 0 aliphatic rings. The Bertz CT molecular complexity index is 327. The number of thioether (sulfide) groups is 1. The third-order valence-corrected chi connectivity index (χ3v) is 3.24. The summed E-state index contributed by atoms with van der Waals surface area (Å²) in [6.45, 7) is 1.87. The fourth-order valence-corrected chi connectivity index (χ4v) is 2.09. The minimum atomic E-state index is -4.32. The van der Waals surface area contributed by atoms with Crippen LogP contribution < -0.4 is 0 Å². The second-order valence-corrected chi connectivity index (χ2v) is 4.50. The van der Waals surface area contributed by atoms with Crippen molar-refractivity contribution in [2.45, 2.75) is 18.0 Å². The molecule has 0 unspecified atom stereocenters. The predicted molar refractivity (Wildman–Crippen MR) is 53.3 cm³/mol. The van der Waals surface area contributed by atoms with Gasteiger partial charge >= 0.3 is 6.18 Å². The van der Waals surface area contributed by atoms with E-state index in [1.807, 2.05) is 6.92 Å². The normalized spacial score (nSPS) is 11.8. The first-order valence-electron chi connectivity index (χ1n) is 3.80. The Kier molecular flexibility index (Phi) is 3.83. The fraction of sp³-hybridized carbons (Fsp3) is 0.375. The van der Waals surface area contributed by atoms with Gasteiger partial charge in [-0.25, -0.2) is 4.98 Å². The molecule has 0 bridgehead atoms. The van der Waals surface area contributed by atoms with Gasteiger partial charge < -0.3 is 0 Å².